The maximum atomic E-state index is 12.3. The van der Waals surface area contributed by atoms with Crippen LogP contribution in [-0.4, -0.2) is 28.5 Å². The monoisotopic (exact) mass is 355 g/mol. The summed E-state index contributed by atoms with van der Waals surface area (Å²) in [5, 5.41) is 7.73. The van der Waals surface area contributed by atoms with Gasteiger partial charge in [0.15, 0.2) is 0 Å². The Morgan fingerprint density at radius 3 is 2.90 bits per heavy atom. The molecule has 1 saturated carbocycles. The lowest BCUT2D eigenvalue weighted by Crippen LogP contribution is -2.33. The molecule has 0 bridgehead atoms. The van der Waals surface area contributed by atoms with Crippen LogP contribution in [-0.2, 0) is 11.3 Å². The molecule has 1 N–H and O–H groups in total. The fourth-order valence-corrected chi connectivity index (χ4v) is 3.32. The first-order chi connectivity index (χ1) is 10.1. The molecule has 3 rings (SSSR count). The molecule has 2 unspecified atom stereocenters. The first-order valence-electron chi connectivity index (χ1n) is 7.70. The van der Waals surface area contributed by atoms with E-state index in [1.165, 1.54) is 17.5 Å². The number of ether oxygens (including phenoxy) is 1. The molecule has 0 spiro atoms. The predicted molar refractivity (Wildman–Crippen MR) is 85.5 cm³/mol. The van der Waals surface area contributed by atoms with Gasteiger partial charge in [-0.1, -0.05) is 13.8 Å². The fraction of sp³-hybridized carbons (Fsp3) is 0.733. The Balaban J connectivity index is 1.76. The zero-order valence-corrected chi connectivity index (χ0v) is 14.1. The molecule has 0 amide bonds. The highest BCUT2D eigenvalue weighted by molar-refractivity contribution is 9.10. The van der Waals surface area contributed by atoms with Crippen LogP contribution < -0.4 is 10.9 Å². The molecule has 2 heterocycles. The van der Waals surface area contributed by atoms with Crippen LogP contribution in [0.1, 0.15) is 33.1 Å². The Bertz CT molecular complexity index is 569. The molecule has 2 atom stereocenters. The zero-order chi connectivity index (χ0) is 15.0. The second kappa shape index (κ2) is 6.08. The number of nitrogens with zero attached hydrogens (tertiary/aromatic N) is 2. The first-order valence-corrected chi connectivity index (χ1v) is 8.49. The van der Waals surface area contributed by atoms with Crippen molar-refractivity contribution < 1.29 is 4.74 Å². The van der Waals surface area contributed by atoms with Gasteiger partial charge in [-0.2, -0.15) is 5.10 Å². The minimum Gasteiger partial charge on any atom is -0.377 e. The Hall–Kier alpha value is -0.880. The lowest BCUT2D eigenvalue weighted by Gasteiger charge is -2.21. The van der Waals surface area contributed by atoms with E-state index in [4.69, 9.17) is 4.74 Å². The Kier molecular flexibility index (Phi) is 4.36. The molecule has 2 aliphatic rings. The van der Waals surface area contributed by atoms with Crippen molar-refractivity contribution in [1.29, 1.82) is 0 Å². The minimum absolute atomic E-state index is 0.0735. The van der Waals surface area contributed by atoms with Gasteiger partial charge in [-0.05, 0) is 47.0 Å². The highest BCUT2D eigenvalue weighted by Crippen LogP contribution is 2.39. The van der Waals surface area contributed by atoms with E-state index in [1.807, 2.05) is 0 Å². The summed E-state index contributed by atoms with van der Waals surface area (Å²) < 4.78 is 7.91. The summed E-state index contributed by atoms with van der Waals surface area (Å²) in [5.41, 5.74) is 0.705. The van der Waals surface area contributed by atoms with Gasteiger partial charge < -0.3 is 10.1 Å². The molecule has 1 saturated heterocycles. The average molecular weight is 356 g/mol. The van der Waals surface area contributed by atoms with Crippen LogP contribution in [0.3, 0.4) is 0 Å². The number of rotatable bonds is 5. The van der Waals surface area contributed by atoms with Crippen LogP contribution in [0.5, 0.6) is 0 Å². The highest BCUT2D eigenvalue weighted by Gasteiger charge is 2.40. The van der Waals surface area contributed by atoms with Crippen LogP contribution >= 0.6 is 15.9 Å². The Morgan fingerprint density at radius 2 is 2.24 bits per heavy atom. The zero-order valence-electron chi connectivity index (χ0n) is 12.5. The van der Waals surface area contributed by atoms with E-state index in [1.54, 1.807) is 6.20 Å². The first kappa shape index (κ1) is 15.0. The molecule has 0 radical (unpaired) electrons. The third-order valence-electron chi connectivity index (χ3n) is 4.09. The van der Waals surface area contributed by atoms with E-state index in [-0.39, 0.29) is 17.7 Å². The molecule has 21 heavy (non-hydrogen) atoms. The molecule has 116 valence electrons. The van der Waals surface area contributed by atoms with Crippen molar-refractivity contribution in [2.45, 2.75) is 51.8 Å². The largest absolute Gasteiger partial charge is 0.377 e. The van der Waals surface area contributed by atoms with Crippen molar-refractivity contribution in [2.75, 3.05) is 11.9 Å². The summed E-state index contributed by atoms with van der Waals surface area (Å²) in [6.45, 7) is 5.58. The van der Waals surface area contributed by atoms with E-state index in [0.29, 0.717) is 22.9 Å². The predicted octanol–water partition coefficient (Wildman–Crippen LogP) is 2.64. The SMILES string of the molecule is CC(C)Cn1ncc(NC2CCOC2C2CC2)c(Br)c1=O. The van der Waals surface area contributed by atoms with Gasteiger partial charge in [0.25, 0.3) is 5.56 Å². The van der Waals surface area contributed by atoms with Crippen molar-refractivity contribution in [1.82, 2.24) is 9.78 Å². The van der Waals surface area contributed by atoms with Gasteiger partial charge >= 0.3 is 0 Å². The van der Waals surface area contributed by atoms with E-state index in [2.05, 4.69) is 40.2 Å². The molecule has 1 aliphatic carbocycles. The molecule has 5 nitrogen and oxygen atoms in total. The van der Waals surface area contributed by atoms with Gasteiger partial charge in [0, 0.05) is 13.2 Å². The summed E-state index contributed by atoms with van der Waals surface area (Å²) >= 11 is 3.42. The topological polar surface area (TPSA) is 56.1 Å². The van der Waals surface area contributed by atoms with Crippen LogP contribution in [0.4, 0.5) is 5.69 Å². The Labute approximate surface area is 133 Å². The van der Waals surface area contributed by atoms with E-state index < -0.39 is 0 Å². The van der Waals surface area contributed by atoms with E-state index in [0.717, 1.165) is 18.7 Å². The molecule has 6 heteroatoms. The van der Waals surface area contributed by atoms with Crippen molar-refractivity contribution >= 4 is 21.6 Å². The number of nitrogens with one attached hydrogen (secondary N) is 1. The van der Waals surface area contributed by atoms with Gasteiger partial charge in [0.05, 0.1) is 24.0 Å². The van der Waals surface area contributed by atoms with Crippen LogP contribution in [0.2, 0.25) is 0 Å². The second-order valence-corrected chi connectivity index (χ2v) is 7.26. The third-order valence-corrected chi connectivity index (χ3v) is 4.85. The summed E-state index contributed by atoms with van der Waals surface area (Å²) in [6, 6.07) is 0.288. The Morgan fingerprint density at radius 1 is 1.48 bits per heavy atom. The van der Waals surface area contributed by atoms with Gasteiger partial charge in [-0.25, -0.2) is 4.68 Å². The molecule has 2 fully saturated rings. The normalized spacial score (nSPS) is 25.5. The molecule has 1 aliphatic heterocycles. The third kappa shape index (κ3) is 3.31. The number of anilines is 1. The summed E-state index contributed by atoms with van der Waals surface area (Å²) in [7, 11) is 0. The quantitative estimate of drug-likeness (QED) is 0.881. The number of halogens is 1. The van der Waals surface area contributed by atoms with E-state index >= 15 is 0 Å². The van der Waals surface area contributed by atoms with Crippen molar-refractivity contribution in [2.24, 2.45) is 11.8 Å². The van der Waals surface area contributed by atoms with Crippen LogP contribution in [0.15, 0.2) is 15.5 Å². The standard InChI is InChI=1S/C15H22BrN3O2/c1-9(2)8-19-15(20)13(16)12(7-17-19)18-11-5-6-21-14(11)10-3-4-10/h7,9-11,14,18H,3-6,8H2,1-2H3. The average Bonchev–Trinajstić information content (AvgIpc) is 3.18. The lowest BCUT2D eigenvalue weighted by atomic mass is 10.1. The number of hydrogen-bond acceptors (Lipinski definition) is 4. The minimum atomic E-state index is -0.0735. The smallest absolute Gasteiger partial charge is 0.283 e. The summed E-state index contributed by atoms with van der Waals surface area (Å²) in [6.07, 6.45) is 5.55. The second-order valence-electron chi connectivity index (χ2n) is 6.47. The number of aromatic nitrogens is 2. The van der Waals surface area contributed by atoms with Crippen molar-refractivity contribution in [3.05, 3.63) is 21.0 Å². The van der Waals surface area contributed by atoms with E-state index in [9.17, 15) is 4.79 Å². The molecular formula is C15H22BrN3O2. The molecular weight excluding hydrogens is 334 g/mol. The van der Waals surface area contributed by atoms with Crippen LogP contribution in [0, 0.1) is 11.8 Å². The lowest BCUT2D eigenvalue weighted by molar-refractivity contribution is 0.0898. The summed E-state index contributed by atoms with van der Waals surface area (Å²) in [5.74, 6) is 1.08. The van der Waals surface area contributed by atoms with Gasteiger partial charge in [-0.15, -0.1) is 0 Å². The molecule has 1 aromatic rings. The van der Waals surface area contributed by atoms with Crippen molar-refractivity contribution in [3.63, 3.8) is 0 Å². The summed E-state index contributed by atoms with van der Waals surface area (Å²) in [4.78, 5) is 12.3. The van der Waals surface area contributed by atoms with Gasteiger partial charge in [0.2, 0.25) is 0 Å². The van der Waals surface area contributed by atoms with Gasteiger partial charge in [-0.3, -0.25) is 4.79 Å². The highest BCUT2D eigenvalue weighted by atomic mass is 79.9. The molecule has 0 aromatic carbocycles. The van der Waals surface area contributed by atoms with Gasteiger partial charge in [0.1, 0.15) is 4.47 Å². The van der Waals surface area contributed by atoms with Crippen molar-refractivity contribution in [3.8, 4) is 0 Å². The van der Waals surface area contributed by atoms with Crippen LogP contribution in [0.25, 0.3) is 0 Å². The fourth-order valence-electron chi connectivity index (χ4n) is 2.90. The maximum absolute atomic E-state index is 12.3. The number of hydrogen-bond donors (Lipinski definition) is 1. The maximum Gasteiger partial charge on any atom is 0.283 e. The molecule has 1 aromatic heterocycles.